The van der Waals surface area contributed by atoms with Crippen molar-refractivity contribution in [1.82, 2.24) is 4.90 Å². The molecule has 0 amide bonds. The van der Waals surface area contributed by atoms with E-state index in [0.29, 0.717) is 38.0 Å². The Bertz CT molecular complexity index is 217. The van der Waals surface area contributed by atoms with E-state index < -0.39 is 0 Å². The van der Waals surface area contributed by atoms with Gasteiger partial charge in [-0.15, -0.1) is 0 Å². The summed E-state index contributed by atoms with van der Waals surface area (Å²) in [5.41, 5.74) is 5.57. The average molecular weight is 278 g/mol. The molecule has 0 radical (unpaired) electrons. The fourth-order valence-corrected chi connectivity index (χ4v) is 1.41. The van der Waals surface area contributed by atoms with Crippen LogP contribution >= 0.6 is 12.2 Å². The Morgan fingerprint density at radius 1 is 1.17 bits per heavy atom. The second-order valence-corrected chi connectivity index (χ2v) is 4.75. The molecule has 0 aliphatic rings. The summed E-state index contributed by atoms with van der Waals surface area (Å²) in [6.45, 7) is 6.91. The maximum absolute atomic E-state index is 5.57. The van der Waals surface area contributed by atoms with E-state index in [1.807, 2.05) is 14.0 Å². The first kappa shape index (κ1) is 17.7. The van der Waals surface area contributed by atoms with E-state index in [-0.39, 0.29) is 5.92 Å². The van der Waals surface area contributed by atoms with Gasteiger partial charge in [0.2, 0.25) is 0 Å². The van der Waals surface area contributed by atoms with E-state index in [4.69, 9.17) is 32.2 Å². The van der Waals surface area contributed by atoms with Gasteiger partial charge in [-0.3, -0.25) is 0 Å². The number of methoxy groups -OCH3 is 1. The molecular formula is C12H26N2O3S. The lowest BCUT2D eigenvalue weighted by molar-refractivity contribution is 0.0206. The van der Waals surface area contributed by atoms with Gasteiger partial charge in [0.25, 0.3) is 0 Å². The predicted octanol–water partition coefficient (Wildman–Crippen LogP) is 0.520. The molecule has 0 aromatic carbocycles. The van der Waals surface area contributed by atoms with Gasteiger partial charge in [0.15, 0.2) is 0 Å². The predicted molar refractivity (Wildman–Crippen MR) is 77.0 cm³/mol. The Morgan fingerprint density at radius 3 is 2.28 bits per heavy atom. The Hall–Kier alpha value is -0.270. The quantitative estimate of drug-likeness (QED) is 0.415. The van der Waals surface area contributed by atoms with E-state index in [0.717, 1.165) is 13.1 Å². The van der Waals surface area contributed by atoms with Crippen molar-refractivity contribution in [3.05, 3.63) is 0 Å². The molecule has 0 spiro atoms. The summed E-state index contributed by atoms with van der Waals surface area (Å²) in [6, 6.07) is 0. The van der Waals surface area contributed by atoms with Gasteiger partial charge in [-0.2, -0.15) is 0 Å². The molecule has 0 bridgehead atoms. The molecule has 18 heavy (non-hydrogen) atoms. The minimum absolute atomic E-state index is 0.238. The number of hydrogen-bond donors (Lipinski definition) is 1. The van der Waals surface area contributed by atoms with Gasteiger partial charge in [0.1, 0.15) is 0 Å². The summed E-state index contributed by atoms with van der Waals surface area (Å²) >= 11 is 4.93. The minimum atomic E-state index is 0.238. The Kier molecular flexibility index (Phi) is 11.6. The molecule has 0 saturated carbocycles. The van der Waals surface area contributed by atoms with Crippen molar-refractivity contribution >= 4 is 17.2 Å². The van der Waals surface area contributed by atoms with Crippen molar-refractivity contribution in [1.29, 1.82) is 0 Å². The summed E-state index contributed by atoms with van der Waals surface area (Å²) in [5.74, 6) is 0.238. The van der Waals surface area contributed by atoms with Crippen LogP contribution in [0.5, 0.6) is 0 Å². The van der Waals surface area contributed by atoms with Crippen molar-refractivity contribution in [2.24, 2.45) is 11.7 Å². The van der Waals surface area contributed by atoms with Crippen LogP contribution in [0.3, 0.4) is 0 Å². The zero-order valence-electron chi connectivity index (χ0n) is 11.7. The van der Waals surface area contributed by atoms with Crippen molar-refractivity contribution < 1.29 is 14.2 Å². The topological polar surface area (TPSA) is 57.0 Å². The molecule has 0 aromatic rings. The number of nitrogens with two attached hydrogens (primary N) is 1. The van der Waals surface area contributed by atoms with Crippen LogP contribution in [0.1, 0.15) is 6.92 Å². The van der Waals surface area contributed by atoms with Crippen LogP contribution in [0.25, 0.3) is 0 Å². The molecule has 0 rings (SSSR count). The van der Waals surface area contributed by atoms with E-state index >= 15 is 0 Å². The smallest absolute Gasteiger partial charge is 0.0768 e. The Balaban J connectivity index is 3.30. The fraction of sp³-hybridized carbons (Fsp3) is 0.917. The van der Waals surface area contributed by atoms with E-state index in [1.54, 1.807) is 7.11 Å². The summed E-state index contributed by atoms with van der Waals surface area (Å²) in [6.07, 6.45) is 0. The number of nitrogens with zero attached hydrogens (tertiary/aromatic N) is 1. The van der Waals surface area contributed by atoms with Gasteiger partial charge in [-0.05, 0) is 7.05 Å². The highest BCUT2D eigenvalue weighted by atomic mass is 32.1. The van der Waals surface area contributed by atoms with Crippen LogP contribution in [-0.2, 0) is 14.2 Å². The molecule has 2 N–H and O–H groups in total. The number of ether oxygens (including phenoxy) is 3. The van der Waals surface area contributed by atoms with Gasteiger partial charge in [-0.25, -0.2) is 0 Å². The normalized spacial score (nSPS) is 12.9. The van der Waals surface area contributed by atoms with Gasteiger partial charge in [-0.1, -0.05) is 19.1 Å². The van der Waals surface area contributed by atoms with Crippen molar-refractivity contribution in [2.75, 3.05) is 60.3 Å². The standard InChI is InChI=1S/C12H26N2O3S/c1-11(12(13)18)10-14(2)4-5-16-8-9-17-7-6-15-3/h11H,4-10H2,1-3H3,(H2,13,18). The van der Waals surface area contributed by atoms with Crippen LogP contribution < -0.4 is 5.73 Å². The van der Waals surface area contributed by atoms with Gasteiger partial charge < -0.3 is 24.8 Å². The second-order valence-electron chi connectivity index (χ2n) is 4.28. The minimum Gasteiger partial charge on any atom is -0.393 e. The lowest BCUT2D eigenvalue weighted by Gasteiger charge is -2.20. The van der Waals surface area contributed by atoms with E-state index in [1.165, 1.54) is 0 Å². The average Bonchev–Trinajstić information content (AvgIpc) is 2.32. The Morgan fingerprint density at radius 2 is 1.72 bits per heavy atom. The van der Waals surface area contributed by atoms with Crippen LogP contribution in [-0.4, -0.2) is 70.2 Å². The van der Waals surface area contributed by atoms with Crippen LogP contribution in [0.4, 0.5) is 0 Å². The maximum atomic E-state index is 5.57. The van der Waals surface area contributed by atoms with E-state index in [9.17, 15) is 0 Å². The molecule has 1 unspecified atom stereocenters. The van der Waals surface area contributed by atoms with Crippen molar-refractivity contribution in [2.45, 2.75) is 6.92 Å². The van der Waals surface area contributed by atoms with Gasteiger partial charge >= 0.3 is 0 Å². The third kappa shape index (κ3) is 10.9. The summed E-state index contributed by atoms with van der Waals surface area (Å²) in [4.78, 5) is 2.73. The summed E-state index contributed by atoms with van der Waals surface area (Å²) in [7, 11) is 3.69. The highest BCUT2D eigenvalue weighted by molar-refractivity contribution is 7.80. The molecule has 0 fully saturated rings. The zero-order valence-corrected chi connectivity index (χ0v) is 12.5. The monoisotopic (exact) mass is 278 g/mol. The molecule has 108 valence electrons. The van der Waals surface area contributed by atoms with Crippen LogP contribution in [0.15, 0.2) is 0 Å². The SMILES string of the molecule is COCCOCCOCCN(C)CC(C)C(N)=S. The molecule has 0 saturated heterocycles. The molecule has 1 atom stereocenters. The van der Waals surface area contributed by atoms with Crippen LogP contribution in [0.2, 0.25) is 0 Å². The van der Waals surface area contributed by atoms with Crippen LogP contribution in [0, 0.1) is 5.92 Å². The highest BCUT2D eigenvalue weighted by Crippen LogP contribution is 1.98. The molecule has 0 aliphatic heterocycles. The van der Waals surface area contributed by atoms with Crippen molar-refractivity contribution in [3.8, 4) is 0 Å². The molecular weight excluding hydrogens is 252 g/mol. The second kappa shape index (κ2) is 11.8. The number of hydrogen-bond acceptors (Lipinski definition) is 5. The zero-order chi connectivity index (χ0) is 13.8. The number of thiocarbonyl (C=S) groups is 1. The molecule has 6 heteroatoms. The largest absolute Gasteiger partial charge is 0.393 e. The summed E-state index contributed by atoms with van der Waals surface area (Å²) < 4.78 is 15.6. The maximum Gasteiger partial charge on any atom is 0.0768 e. The lowest BCUT2D eigenvalue weighted by atomic mass is 10.2. The summed E-state index contributed by atoms with van der Waals surface area (Å²) in [5, 5.41) is 0. The van der Waals surface area contributed by atoms with E-state index in [2.05, 4.69) is 4.90 Å². The molecule has 0 aromatic heterocycles. The van der Waals surface area contributed by atoms with Gasteiger partial charge in [0, 0.05) is 26.1 Å². The Labute approximate surface area is 116 Å². The van der Waals surface area contributed by atoms with Gasteiger partial charge in [0.05, 0.1) is 38.0 Å². The number of likely N-dealkylation sites (N-methyl/N-ethyl adjacent to an activating group) is 1. The number of rotatable bonds is 12. The highest BCUT2D eigenvalue weighted by Gasteiger charge is 2.08. The third-order valence-electron chi connectivity index (χ3n) is 2.49. The first-order chi connectivity index (χ1) is 8.57. The fourth-order valence-electron chi connectivity index (χ4n) is 1.33. The lowest BCUT2D eigenvalue weighted by Crippen LogP contribution is -2.33. The first-order valence-electron chi connectivity index (χ1n) is 6.20. The third-order valence-corrected chi connectivity index (χ3v) is 2.89. The molecule has 0 aliphatic carbocycles. The molecule has 5 nitrogen and oxygen atoms in total. The molecule has 0 heterocycles. The first-order valence-corrected chi connectivity index (χ1v) is 6.61. The van der Waals surface area contributed by atoms with Crippen molar-refractivity contribution in [3.63, 3.8) is 0 Å².